The molecule has 0 bridgehead atoms. The molecule has 1 aromatic rings. The molecule has 0 amide bonds. The third-order valence-corrected chi connectivity index (χ3v) is 3.67. The number of aromatic nitrogens is 2. The van der Waals surface area contributed by atoms with Crippen LogP contribution < -0.4 is 0 Å². The topological polar surface area (TPSA) is 112 Å². The van der Waals surface area contributed by atoms with Gasteiger partial charge in [0.05, 0.1) is 18.6 Å². The van der Waals surface area contributed by atoms with Gasteiger partial charge in [-0.25, -0.2) is 0 Å². The Balaban J connectivity index is 2.29. The molecule has 1 saturated heterocycles. The van der Waals surface area contributed by atoms with Crippen molar-refractivity contribution < 1.29 is 19.4 Å². The Hall–Kier alpha value is -1.06. The summed E-state index contributed by atoms with van der Waals surface area (Å²) in [5.74, 6) is -0.556. The molecule has 1 fully saturated rings. The summed E-state index contributed by atoms with van der Waals surface area (Å²) >= 11 is 3.24. The van der Waals surface area contributed by atoms with Crippen LogP contribution >= 0.6 is 15.9 Å². The molecular weight excluding hydrogens is 286 g/mol. The molecule has 1 aliphatic rings. The monoisotopic (exact) mass is 293 g/mol. The zero-order chi connectivity index (χ0) is 11.8. The van der Waals surface area contributed by atoms with Crippen LogP contribution in [0.4, 0.5) is 5.82 Å². The lowest BCUT2D eigenvalue weighted by Crippen LogP contribution is -2.49. The highest BCUT2D eigenvalue weighted by Crippen LogP contribution is 2.43. The number of hydrogen-bond acceptors (Lipinski definition) is 7. The number of nitrogens with zero attached hydrogens (tertiary/aromatic N) is 3. The Morgan fingerprint density at radius 3 is 2.75 bits per heavy atom. The lowest BCUT2D eigenvalue weighted by molar-refractivity contribution is -0.392. The maximum atomic E-state index is 10.6. The summed E-state index contributed by atoms with van der Waals surface area (Å²) in [5.41, 5.74) is -0.753. The number of ether oxygens (including phenoxy) is 1. The minimum absolute atomic E-state index is 0.159. The zero-order valence-electron chi connectivity index (χ0n) is 8.00. The van der Waals surface area contributed by atoms with Crippen molar-refractivity contribution in [2.75, 3.05) is 18.5 Å². The second-order valence-electron chi connectivity index (χ2n) is 3.62. The van der Waals surface area contributed by atoms with E-state index >= 15 is 0 Å². The first kappa shape index (κ1) is 11.4. The molecule has 0 aliphatic carbocycles. The first-order valence-electron chi connectivity index (χ1n) is 4.39. The van der Waals surface area contributed by atoms with E-state index in [1.54, 1.807) is 0 Å². The molecule has 2 rings (SSSR count). The van der Waals surface area contributed by atoms with Gasteiger partial charge < -0.3 is 20.0 Å². The molecule has 1 unspecified atom stereocenters. The highest BCUT2D eigenvalue weighted by molar-refractivity contribution is 9.09. The van der Waals surface area contributed by atoms with E-state index in [9.17, 15) is 15.2 Å². The standard InChI is InChI=1S/C7H8BrN3O5/c8-1-7(2-15-3-7)5(12)4-6(11(13)14)10-16-9-4/h5,12H,1-3H2. The van der Waals surface area contributed by atoms with Crippen LogP contribution in [0.1, 0.15) is 11.8 Å². The number of nitro groups is 1. The van der Waals surface area contributed by atoms with E-state index in [2.05, 4.69) is 30.9 Å². The summed E-state index contributed by atoms with van der Waals surface area (Å²) in [4.78, 5) is 9.86. The second kappa shape index (κ2) is 4.07. The van der Waals surface area contributed by atoms with Crippen molar-refractivity contribution in [3.05, 3.63) is 15.8 Å². The molecule has 1 atom stereocenters. The molecule has 9 heteroatoms. The summed E-state index contributed by atoms with van der Waals surface area (Å²) in [6.45, 7) is 0.618. The minimum Gasteiger partial charge on any atom is -0.386 e. The van der Waals surface area contributed by atoms with Crippen molar-refractivity contribution in [1.82, 2.24) is 10.3 Å². The number of aliphatic hydroxyl groups is 1. The molecule has 16 heavy (non-hydrogen) atoms. The third kappa shape index (κ3) is 1.60. The van der Waals surface area contributed by atoms with Crippen molar-refractivity contribution >= 4 is 21.7 Å². The van der Waals surface area contributed by atoms with Crippen LogP contribution in [-0.2, 0) is 4.74 Å². The molecule has 8 nitrogen and oxygen atoms in total. The average molecular weight is 294 g/mol. The quantitative estimate of drug-likeness (QED) is 0.486. The van der Waals surface area contributed by atoms with Crippen molar-refractivity contribution in [1.29, 1.82) is 0 Å². The highest BCUT2D eigenvalue weighted by Gasteiger charge is 2.49. The fraction of sp³-hybridized carbons (Fsp3) is 0.714. The van der Waals surface area contributed by atoms with Crippen LogP contribution in [-0.4, -0.2) is 38.9 Å². The van der Waals surface area contributed by atoms with E-state index in [-0.39, 0.29) is 5.69 Å². The number of alkyl halides is 1. The predicted octanol–water partition coefficient (Wildman–Crippen LogP) is 0.423. The van der Waals surface area contributed by atoms with Gasteiger partial charge in [0.2, 0.25) is 5.69 Å². The summed E-state index contributed by atoms with van der Waals surface area (Å²) in [6.07, 6.45) is -1.13. The first-order valence-corrected chi connectivity index (χ1v) is 5.51. The van der Waals surface area contributed by atoms with Gasteiger partial charge in [0.25, 0.3) is 0 Å². The minimum atomic E-state index is -1.13. The van der Waals surface area contributed by atoms with E-state index in [1.165, 1.54) is 0 Å². The maximum absolute atomic E-state index is 10.6. The molecule has 2 heterocycles. The van der Waals surface area contributed by atoms with Crippen LogP contribution in [0.5, 0.6) is 0 Å². The Bertz CT molecular complexity index is 399. The highest BCUT2D eigenvalue weighted by atomic mass is 79.9. The van der Waals surface area contributed by atoms with Crippen LogP contribution in [0.3, 0.4) is 0 Å². The fourth-order valence-corrected chi connectivity index (χ4v) is 2.08. The molecule has 1 N–H and O–H groups in total. The van der Waals surface area contributed by atoms with Crippen LogP contribution in [0.2, 0.25) is 0 Å². The average Bonchev–Trinajstić information content (AvgIpc) is 2.64. The van der Waals surface area contributed by atoms with Gasteiger partial charge in [-0.15, -0.1) is 4.63 Å². The molecule has 0 radical (unpaired) electrons. The van der Waals surface area contributed by atoms with Gasteiger partial charge >= 0.3 is 5.82 Å². The number of rotatable bonds is 4. The van der Waals surface area contributed by atoms with Gasteiger partial charge in [-0.3, -0.25) is 0 Å². The van der Waals surface area contributed by atoms with Gasteiger partial charge in [0.15, 0.2) is 5.16 Å². The van der Waals surface area contributed by atoms with Gasteiger partial charge in [0.1, 0.15) is 6.10 Å². The molecular formula is C7H8BrN3O5. The summed E-state index contributed by atoms with van der Waals surface area (Å²) in [7, 11) is 0. The normalized spacial score (nSPS) is 20.1. The van der Waals surface area contributed by atoms with Gasteiger partial charge in [-0.2, -0.15) is 0 Å². The number of hydrogen-bond donors (Lipinski definition) is 1. The van der Waals surface area contributed by atoms with Crippen molar-refractivity contribution in [3.63, 3.8) is 0 Å². The SMILES string of the molecule is O=[N+]([O-])c1nonc1C(O)C1(CBr)COC1. The van der Waals surface area contributed by atoms with Crippen molar-refractivity contribution in [3.8, 4) is 0 Å². The van der Waals surface area contributed by atoms with Gasteiger partial charge in [0, 0.05) is 5.33 Å². The summed E-state index contributed by atoms with van der Waals surface area (Å²) in [6, 6.07) is 0. The Morgan fingerprint density at radius 2 is 2.31 bits per heavy atom. The Labute approximate surface area is 97.8 Å². The van der Waals surface area contributed by atoms with Gasteiger partial charge in [-0.05, 0) is 10.1 Å². The van der Waals surface area contributed by atoms with Crippen LogP contribution in [0, 0.1) is 15.5 Å². The Morgan fingerprint density at radius 1 is 1.62 bits per heavy atom. The van der Waals surface area contributed by atoms with Crippen molar-refractivity contribution in [2.45, 2.75) is 6.10 Å². The second-order valence-corrected chi connectivity index (χ2v) is 4.18. The fourth-order valence-electron chi connectivity index (χ4n) is 1.45. The molecule has 0 saturated carbocycles. The Kier molecular flexibility index (Phi) is 2.91. The number of aliphatic hydroxyl groups excluding tert-OH is 1. The first-order chi connectivity index (χ1) is 7.60. The predicted molar refractivity (Wildman–Crippen MR) is 53.0 cm³/mol. The van der Waals surface area contributed by atoms with Crippen LogP contribution in [0.25, 0.3) is 0 Å². The van der Waals surface area contributed by atoms with E-state index in [0.29, 0.717) is 18.5 Å². The molecule has 1 aromatic heterocycles. The van der Waals surface area contributed by atoms with Gasteiger partial charge in [-0.1, -0.05) is 15.9 Å². The lowest BCUT2D eigenvalue weighted by atomic mass is 9.81. The maximum Gasteiger partial charge on any atom is 0.440 e. The van der Waals surface area contributed by atoms with E-state index in [1.807, 2.05) is 0 Å². The van der Waals surface area contributed by atoms with Crippen LogP contribution in [0.15, 0.2) is 4.63 Å². The number of halogens is 1. The summed E-state index contributed by atoms with van der Waals surface area (Å²) < 4.78 is 9.29. The summed E-state index contributed by atoms with van der Waals surface area (Å²) in [5, 5.41) is 27.6. The molecule has 88 valence electrons. The van der Waals surface area contributed by atoms with E-state index < -0.39 is 22.3 Å². The zero-order valence-corrected chi connectivity index (χ0v) is 9.58. The molecule has 0 spiro atoms. The lowest BCUT2D eigenvalue weighted by Gasteiger charge is -2.42. The molecule has 1 aliphatic heterocycles. The van der Waals surface area contributed by atoms with E-state index in [0.717, 1.165) is 0 Å². The smallest absolute Gasteiger partial charge is 0.386 e. The van der Waals surface area contributed by atoms with E-state index in [4.69, 9.17) is 4.74 Å². The van der Waals surface area contributed by atoms with Crippen molar-refractivity contribution in [2.24, 2.45) is 5.41 Å². The third-order valence-electron chi connectivity index (χ3n) is 2.55. The molecule has 0 aromatic carbocycles. The largest absolute Gasteiger partial charge is 0.440 e.